The lowest BCUT2D eigenvalue weighted by atomic mass is 9.74. The number of nitrogens with zero attached hydrogens (tertiary/aromatic N) is 2. The minimum Gasteiger partial charge on any atom is -0.299 e. The summed E-state index contributed by atoms with van der Waals surface area (Å²) in [5, 5.41) is 0. The lowest BCUT2D eigenvalue weighted by Crippen LogP contribution is -2.23. The van der Waals surface area contributed by atoms with Gasteiger partial charge in [-0.25, -0.2) is 4.98 Å². The molecule has 0 atom stereocenters. The first-order valence-electron chi connectivity index (χ1n) is 12.1. The largest absolute Gasteiger partial charge is 0.299 e. The van der Waals surface area contributed by atoms with Gasteiger partial charge in [0.05, 0.1) is 10.6 Å². The number of aryl methyl sites for hydroxylation is 1. The van der Waals surface area contributed by atoms with Gasteiger partial charge in [0.15, 0.2) is 0 Å². The molecule has 0 saturated carbocycles. The van der Waals surface area contributed by atoms with Crippen molar-refractivity contribution in [3.05, 3.63) is 107 Å². The van der Waals surface area contributed by atoms with Crippen molar-refractivity contribution < 1.29 is 0 Å². The van der Waals surface area contributed by atoms with E-state index < -0.39 is 0 Å². The zero-order valence-electron chi connectivity index (χ0n) is 19.9. The van der Waals surface area contributed by atoms with E-state index in [9.17, 15) is 0 Å². The van der Waals surface area contributed by atoms with Crippen molar-refractivity contribution in [1.29, 1.82) is 0 Å². The van der Waals surface area contributed by atoms with Gasteiger partial charge in [-0.15, -0.1) is 11.3 Å². The molecule has 0 aliphatic heterocycles. The Bertz CT molecular complexity index is 1490. The number of imidazole rings is 1. The molecule has 0 N–H and O–H groups in total. The lowest BCUT2D eigenvalue weighted by molar-refractivity contribution is 0.490. The Balaban J connectivity index is 1.57. The van der Waals surface area contributed by atoms with Crippen LogP contribution in [0, 0.1) is 6.92 Å². The van der Waals surface area contributed by atoms with Crippen LogP contribution in [0.5, 0.6) is 0 Å². The maximum Gasteiger partial charge on any atom is 0.145 e. The van der Waals surface area contributed by atoms with Crippen LogP contribution in [0.3, 0.4) is 0 Å². The highest BCUT2D eigenvalue weighted by molar-refractivity contribution is 7.15. The molecule has 0 saturated heterocycles. The maximum atomic E-state index is 5.12. The van der Waals surface area contributed by atoms with Gasteiger partial charge >= 0.3 is 0 Å². The van der Waals surface area contributed by atoms with Gasteiger partial charge in [-0.05, 0) is 66.3 Å². The number of hydrogen-bond acceptors (Lipinski definition) is 2. The van der Waals surface area contributed by atoms with Crippen molar-refractivity contribution in [1.82, 2.24) is 9.55 Å². The fourth-order valence-electron chi connectivity index (χ4n) is 5.66. The van der Waals surface area contributed by atoms with Crippen LogP contribution in [0.2, 0.25) is 0 Å². The molecule has 0 amide bonds. The quantitative estimate of drug-likeness (QED) is 0.256. The molecule has 1 aliphatic rings. The summed E-state index contributed by atoms with van der Waals surface area (Å²) in [6, 6.07) is 30.8. The molecule has 0 fully saturated rings. The predicted molar refractivity (Wildman–Crippen MR) is 144 cm³/mol. The van der Waals surface area contributed by atoms with Gasteiger partial charge in [-0.1, -0.05) is 74.5 Å². The summed E-state index contributed by atoms with van der Waals surface area (Å²) in [4.78, 5) is 7.63. The predicted octanol–water partition coefficient (Wildman–Crippen LogP) is 8.66. The van der Waals surface area contributed by atoms with Gasteiger partial charge in [0.25, 0.3) is 0 Å². The zero-order chi connectivity index (χ0) is 23.3. The zero-order valence-corrected chi connectivity index (χ0v) is 20.7. The molecule has 3 aromatic carbocycles. The first kappa shape index (κ1) is 21.1. The number of thiophene rings is 1. The van der Waals surface area contributed by atoms with Gasteiger partial charge in [0, 0.05) is 27.7 Å². The van der Waals surface area contributed by atoms with Crippen molar-refractivity contribution in [3.8, 4) is 38.8 Å². The monoisotopic (exact) mass is 460 g/mol. The summed E-state index contributed by atoms with van der Waals surface area (Å²) < 4.78 is 2.28. The third-order valence-electron chi connectivity index (χ3n) is 7.47. The Morgan fingerprint density at radius 2 is 1.53 bits per heavy atom. The molecule has 2 aromatic heterocycles. The smallest absolute Gasteiger partial charge is 0.145 e. The van der Waals surface area contributed by atoms with Crippen molar-refractivity contribution in [2.45, 2.75) is 39.0 Å². The molecule has 0 radical (unpaired) electrons. The summed E-state index contributed by atoms with van der Waals surface area (Å²) in [6.45, 7) is 6.80. The minimum atomic E-state index is 0.0587. The summed E-state index contributed by atoms with van der Waals surface area (Å²) in [5.74, 6) is 0.982. The standard InChI is InChI=1S/C31H28N2S/c1-4-31(5-2)26-14-10-9-13-24(26)25-17-16-23(19-27(25)31)33-20-28(29-18-15-21(3)34-29)32-30(33)22-11-7-6-8-12-22/h6-20H,4-5H2,1-3H3. The first-order chi connectivity index (χ1) is 16.6. The second-order valence-electron chi connectivity index (χ2n) is 9.16. The van der Waals surface area contributed by atoms with Crippen LogP contribution in [-0.4, -0.2) is 9.55 Å². The highest BCUT2D eigenvalue weighted by Crippen LogP contribution is 2.53. The summed E-state index contributed by atoms with van der Waals surface area (Å²) >= 11 is 1.80. The van der Waals surface area contributed by atoms with E-state index >= 15 is 0 Å². The Morgan fingerprint density at radius 1 is 0.794 bits per heavy atom. The van der Waals surface area contributed by atoms with Gasteiger partial charge in [-0.3, -0.25) is 4.57 Å². The molecule has 3 heteroatoms. The normalized spacial score (nSPS) is 13.6. The van der Waals surface area contributed by atoms with Gasteiger partial charge in [-0.2, -0.15) is 0 Å². The van der Waals surface area contributed by atoms with Crippen molar-refractivity contribution >= 4 is 11.3 Å². The Hall–Kier alpha value is -3.43. The van der Waals surface area contributed by atoms with E-state index in [0.717, 1.165) is 29.9 Å². The third kappa shape index (κ3) is 3.11. The minimum absolute atomic E-state index is 0.0587. The van der Waals surface area contributed by atoms with E-state index in [-0.39, 0.29) is 5.41 Å². The molecule has 0 bridgehead atoms. The highest BCUT2D eigenvalue weighted by atomic mass is 32.1. The molecule has 2 heterocycles. The van der Waals surface area contributed by atoms with Gasteiger partial charge in [0.1, 0.15) is 5.82 Å². The molecule has 5 aromatic rings. The van der Waals surface area contributed by atoms with Crippen LogP contribution in [0.25, 0.3) is 38.8 Å². The Labute approximate surface area is 205 Å². The Morgan fingerprint density at radius 3 is 2.26 bits per heavy atom. The van der Waals surface area contributed by atoms with E-state index in [4.69, 9.17) is 4.98 Å². The highest BCUT2D eigenvalue weighted by Gasteiger charge is 2.40. The topological polar surface area (TPSA) is 17.8 Å². The molecule has 0 unspecified atom stereocenters. The molecule has 0 spiro atoms. The average Bonchev–Trinajstić information content (AvgIpc) is 3.59. The maximum absolute atomic E-state index is 5.12. The Kier molecular flexibility index (Phi) is 5.04. The average molecular weight is 461 g/mol. The molecular weight excluding hydrogens is 432 g/mol. The number of rotatable bonds is 5. The molecule has 168 valence electrons. The second kappa shape index (κ2) is 8.11. The molecule has 34 heavy (non-hydrogen) atoms. The van der Waals surface area contributed by atoms with E-state index in [1.807, 2.05) is 0 Å². The first-order valence-corrected chi connectivity index (χ1v) is 12.9. The number of hydrogen-bond donors (Lipinski definition) is 0. The summed E-state index contributed by atoms with van der Waals surface area (Å²) in [7, 11) is 0. The summed E-state index contributed by atoms with van der Waals surface area (Å²) in [6.07, 6.45) is 4.38. The van der Waals surface area contributed by atoms with Crippen LogP contribution >= 0.6 is 11.3 Å². The summed E-state index contributed by atoms with van der Waals surface area (Å²) in [5.41, 5.74) is 9.05. The SMILES string of the molecule is CCC1(CC)c2ccccc2-c2ccc(-n3cc(-c4ccc(C)s4)nc3-c3ccccc3)cc21. The number of fused-ring (bicyclic) bond motifs is 3. The van der Waals surface area contributed by atoms with Crippen molar-refractivity contribution in [2.24, 2.45) is 0 Å². The van der Waals surface area contributed by atoms with E-state index in [1.165, 1.54) is 37.7 Å². The van der Waals surface area contributed by atoms with Crippen molar-refractivity contribution in [3.63, 3.8) is 0 Å². The molecule has 1 aliphatic carbocycles. The lowest BCUT2D eigenvalue weighted by Gasteiger charge is -2.30. The van der Waals surface area contributed by atoms with Crippen molar-refractivity contribution in [2.75, 3.05) is 0 Å². The van der Waals surface area contributed by atoms with E-state index in [2.05, 4.69) is 116 Å². The van der Waals surface area contributed by atoms with Crippen LogP contribution in [-0.2, 0) is 5.41 Å². The molecule has 2 nitrogen and oxygen atoms in total. The fourth-order valence-corrected chi connectivity index (χ4v) is 6.49. The van der Waals surface area contributed by atoms with Crippen LogP contribution in [0.4, 0.5) is 0 Å². The van der Waals surface area contributed by atoms with E-state index in [0.29, 0.717) is 0 Å². The van der Waals surface area contributed by atoms with Crippen LogP contribution in [0.1, 0.15) is 42.7 Å². The second-order valence-corrected chi connectivity index (χ2v) is 10.4. The number of benzene rings is 3. The van der Waals surface area contributed by atoms with Gasteiger partial charge < -0.3 is 0 Å². The molecule has 6 rings (SSSR count). The fraction of sp³-hybridized carbons (Fsp3) is 0.194. The number of aromatic nitrogens is 2. The van der Waals surface area contributed by atoms with Gasteiger partial charge in [0.2, 0.25) is 0 Å². The van der Waals surface area contributed by atoms with Crippen LogP contribution in [0.15, 0.2) is 91.1 Å². The van der Waals surface area contributed by atoms with Crippen LogP contribution < -0.4 is 0 Å². The third-order valence-corrected chi connectivity index (χ3v) is 8.49. The molecular formula is C31H28N2S. The van der Waals surface area contributed by atoms with E-state index in [1.54, 1.807) is 11.3 Å².